The number of hydrogen-bond acceptors (Lipinski definition) is 2. The van der Waals surface area contributed by atoms with Gasteiger partial charge in [-0.15, -0.1) is 0 Å². The predicted octanol–water partition coefficient (Wildman–Crippen LogP) is 2.80. The van der Waals surface area contributed by atoms with Gasteiger partial charge in [-0.25, -0.2) is 0 Å². The molecule has 15 heavy (non-hydrogen) atoms. The molecule has 0 bridgehead atoms. The first kappa shape index (κ1) is 14.9. The number of rotatable bonds is 6. The highest BCUT2D eigenvalue weighted by atomic mass is 16.3. The summed E-state index contributed by atoms with van der Waals surface area (Å²) in [6, 6.07) is 0. The van der Waals surface area contributed by atoms with Crippen molar-refractivity contribution in [2.45, 2.75) is 53.9 Å². The highest BCUT2D eigenvalue weighted by molar-refractivity contribution is 4.82. The topological polar surface area (TPSA) is 46.2 Å². The molecule has 1 unspecified atom stereocenters. The Hall–Kier alpha value is -0.0800. The fourth-order valence-electron chi connectivity index (χ4n) is 2.00. The minimum Gasteiger partial charge on any atom is -0.396 e. The molecule has 0 radical (unpaired) electrons. The molecule has 0 saturated carbocycles. The Bertz CT molecular complexity index is 166. The Kier molecular flexibility index (Phi) is 5.82. The molecule has 0 spiro atoms. The Balaban J connectivity index is 4.37. The molecule has 0 rings (SSSR count). The molecule has 0 aliphatic heterocycles. The first-order chi connectivity index (χ1) is 6.74. The van der Waals surface area contributed by atoms with E-state index in [2.05, 4.69) is 34.6 Å². The van der Waals surface area contributed by atoms with Crippen LogP contribution in [0.2, 0.25) is 0 Å². The van der Waals surface area contributed by atoms with Crippen molar-refractivity contribution in [3.05, 3.63) is 0 Å². The van der Waals surface area contributed by atoms with E-state index in [1.54, 1.807) is 0 Å². The lowest BCUT2D eigenvalue weighted by Crippen LogP contribution is -2.36. The Labute approximate surface area is 95.3 Å². The Morgan fingerprint density at radius 1 is 1.13 bits per heavy atom. The van der Waals surface area contributed by atoms with E-state index in [0.717, 1.165) is 19.3 Å². The highest BCUT2D eigenvalue weighted by Crippen LogP contribution is 2.34. The quantitative estimate of drug-likeness (QED) is 0.715. The number of aliphatic hydroxyl groups is 1. The van der Waals surface area contributed by atoms with Gasteiger partial charge in [-0.3, -0.25) is 0 Å². The average molecular weight is 215 g/mol. The summed E-state index contributed by atoms with van der Waals surface area (Å²) in [4.78, 5) is 0. The minimum atomic E-state index is -0.0541. The van der Waals surface area contributed by atoms with Gasteiger partial charge < -0.3 is 10.8 Å². The molecule has 0 amide bonds. The van der Waals surface area contributed by atoms with E-state index in [4.69, 9.17) is 5.73 Å². The van der Waals surface area contributed by atoms with Crippen molar-refractivity contribution in [2.24, 2.45) is 22.5 Å². The molecule has 2 nitrogen and oxygen atoms in total. The van der Waals surface area contributed by atoms with Crippen molar-refractivity contribution >= 4 is 0 Å². The van der Waals surface area contributed by atoms with Gasteiger partial charge in [-0.2, -0.15) is 0 Å². The second kappa shape index (κ2) is 5.86. The molecular weight excluding hydrogens is 186 g/mol. The maximum atomic E-state index is 9.54. The summed E-state index contributed by atoms with van der Waals surface area (Å²) in [5, 5.41) is 9.54. The number of aliphatic hydroxyl groups excluding tert-OH is 1. The standard InChI is InChI=1S/C13H29NO/c1-11(2)8-13(9-14,10-15)7-6-12(3,4)5/h11,15H,6-10,14H2,1-5H3. The number of nitrogens with two attached hydrogens (primary N) is 1. The third-order valence-corrected chi connectivity index (χ3v) is 3.02. The largest absolute Gasteiger partial charge is 0.396 e. The summed E-state index contributed by atoms with van der Waals surface area (Å²) < 4.78 is 0. The molecule has 2 heteroatoms. The van der Waals surface area contributed by atoms with Gasteiger partial charge in [0.25, 0.3) is 0 Å². The van der Waals surface area contributed by atoms with Gasteiger partial charge >= 0.3 is 0 Å². The fourth-order valence-corrected chi connectivity index (χ4v) is 2.00. The van der Waals surface area contributed by atoms with Gasteiger partial charge in [-0.05, 0) is 30.6 Å². The molecule has 0 fully saturated rings. The summed E-state index contributed by atoms with van der Waals surface area (Å²) >= 11 is 0. The van der Waals surface area contributed by atoms with Crippen LogP contribution < -0.4 is 5.73 Å². The summed E-state index contributed by atoms with van der Waals surface area (Å²) in [5.41, 5.74) is 6.11. The fraction of sp³-hybridized carbons (Fsp3) is 1.00. The molecule has 1 atom stereocenters. The van der Waals surface area contributed by atoms with Gasteiger partial charge in [0.2, 0.25) is 0 Å². The first-order valence-electron chi connectivity index (χ1n) is 6.06. The lowest BCUT2D eigenvalue weighted by molar-refractivity contribution is 0.0854. The van der Waals surface area contributed by atoms with Crippen molar-refractivity contribution in [1.82, 2.24) is 0 Å². The second-order valence-electron chi connectivity index (χ2n) is 6.52. The average Bonchev–Trinajstić information content (AvgIpc) is 2.10. The summed E-state index contributed by atoms with van der Waals surface area (Å²) in [5.74, 6) is 0.598. The Morgan fingerprint density at radius 2 is 1.67 bits per heavy atom. The Morgan fingerprint density at radius 3 is 1.93 bits per heavy atom. The van der Waals surface area contributed by atoms with Gasteiger partial charge in [0.15, 0.2) is 0 Å². The van der Waals surface area contributed by atoms with Crippen molar-refractivity contribution in [3.63, 3.8) is 0 Å². The molecule has 0 aliphatic carbocycles. The van der Waals surface area contributed by atoms with E-state index < -0.39 is 0 Å². The summed E-state index contributed by atoms with van der Waals surface area (Å²) in [6.45, 7) is 11.9. The van der Waals surface area contributed by atoms with Crippen LogP contribution in [0.1, 0.15) is 53.9 Å². The highest BCUT2D eigenvalue weighted by Gasteiger charge is 2.30. The van der Waals surface area contributed by atoms with Crippen LogP contribution in [0.3, 0.4) is 0 Å². The van der Waals surface area contributed by atoms with Crippen molar-refractivity contribution < 1.29 is 5.11 Å². The maximum Gasteiger partial charge on any atom is 0.0499 e. The van der Waals surface area contributed by atoms with Crippen LogP contribution in [-0.4, -0.2) is 18.3 Å². The van der Waals surface area contributed by atoms with Crippen LogP contribution in [0.5, 0.6) is 0 Å². The molecule has 0 saturated heterocycles. The zero-order chi connectivity index (χ0) is 12.1. The van der Waals surface area contributed by atoms with Crippen molar-refractivity contribution in [2.75, 3.05) is 13.2 Å². The van der Waals surface area contributed by atoms with Crippen LogP contribution in [0, 0.1) is 16.7 Å². The molecule has 0 heterocycles. The molecule has 0 aromatic rings. The third kappa shape index (κ3) is 6.16. The van der Waals surface area contributed by atoms with Crippen molar-refractivity contribution in [1.29, 1.82) is 0 Å². The normalized spacial score (nSPS) is 16.8. The van der Waals surface area contributed by atoms with Gasteiger partial charge in [-0.1, -0.05) is 34.6 Å². The maximum absolute atomic E-state index is 9.54. The van der Waals surface area contributed by atoms with Gasteiger partial charge in [0.05, 0.1) is 0 Å². The van der Waals surface area contributed by atoms with Crippen LogP contribution in [-0.2, 0) is 0 Å². The van der Waals surface area contributed by atoms with Gasteiger partial charge in [0, 0.05) is 18.6 Å². The molecule has 0 aliphatic rings. The lowest BCUT2D eigenvalue weighted by Gasteiger charge is -2.34. The van der Waals surface area contributed by atoms with E-state index in [1.165, 1.54) is 0 Å². The predicted molar refractivity (Wildman–Crippen MR) is 66.7 cm³/mol. The third-order valence-electron chi connectivity index (χ3n) is 3.02. The first-order valence-corrected chi connectivity index (χ1v) is 6.06. The second-order valence-corrected chi connectivity index (χ2v) is 6.52. The lowest BCUT2D eigenvalue weighted by atomic mass is 9.73. The molecule has 0 aromatic carbocycles. The molecule has 92 valence electrons. The van der Waals surface area contributed by atoms with Crippen LogP contribution in [0.15, 0.2) is 0 Å². The zero-order valence-corrected chi connectivity index (χ0v) is 11.1. The van der Waals surface area contributed by atoms with Crippen LogP contribution in [0.4, 0.5) is 0 Å². The molecule has 0 aromatic heterocycles. The van der Waals surface area contributed by atoms with Gasteiger partial charge in [0.1, 0.15) is 0 Å². The summed E-state index contributed by atoms with van der Waals surface area (Å²) in [7, 11) is 0. The molecule has 3 N–H and O–H groups in total. The van der Waals surface area contributed by atoms with E-state index in [9.17, 15) is 5.11 Å². The minimum absolute atomic E-state index is 0.0541. The zero-order valence-electron chi connectivity index (χ0n) is 11.1. The monoisotopic (exact) mass is 215 g/mol. The molecular formula is C13H29NO. The van der Waals surface area contributed by atoms with Crippen LogP contribution in [0.25, 0.3) is 0 Å². The van der Waals surface area contributed by atoms with E-state index in [-0.39, 0.29) is 12.0 Å². The van der Waals surface area contributed by atoms with Crippen LogP contribution >= 0.6 is 0 Å². The smallest absolute Gasteiger partial charge is 0.0499 e. The van der Waals surface area contributed by atoms with Crippen molar-refractivity contribution in [3.8, 4) is 0 Å². The van der Waals surface area contributed by atoms with E-state index in [1.807, 2.05) is 0 Å². The van der Waals surface area contributed by atoms with E-state index >= 15 is 0 Å². The van der Waals surface area contributed by atoms with E-state index in [0.29, 0.717) is 17.9 Å². The number of hydrogen-bond donors (Lipinski definition) is 2. The SMILES string of the molecule is CC(C)CC(CN)(CO)CCC(C)(C)C. The summed E-state index contributed by atoms with van der Waals surface area (Å²) in [6.07, 6.45) is 3.18.